The molecule has 31 heavy (non-hydrogen) atoms. The van der Waals surface area contributed by atoms with Crippen LogP contribution in [0, 0.1) is 5.92 Å². The second kappa shape index (κ2) is 8.94. The zero-order valence-electron chi connectivity index (χ0n) is 18.0. The molecular formula is C22H28N4O4S. The molecule has 1 aromatic carbocycles. The Kier molecular flexibility index (Phi) is 6.27. The topological polar surface area (TPSA) is 101 Å². The molecule has 3 aromatic rings. The molecule has 2 aromatic heterocycles. The SMILES string of the molecule is CCc1c(OCC2COC(C)(C)OC2)ccnc1CS(=O)c1nc2ccccc2n1N. The summed E-state index contributed by atoms with van der Waals surface area (Å²) in [4.78, 5) is 8.92. The summed E-state index contributed by atoms with van der Waals surface area (Å²) in [7, 11) is -1.45. The molecule has 1 atom stereocenters. The average Bonchev–Trinajstić information content (AvgIpc) is 3.10. The summed E-state index contributed by atoms with van der Waals surface area (Å²) >= 11 is 0. The van der Waals surface area contributed by atoms with Gasteiger partial charge in [0.1, 0.15) is 5.75 Å². The zero-order valence-corrected chi connectivity index (χ0v) is 18.9. The number of hydrogen-bond acceptors (Lipinski definition) is 7. The minimum absolute atomic E-state index is 0.153. The Bertz CT molecular complexity index is 1090. The number of aromatic nitrogens is 3. The van der Waals surface area contributed by atoms with E-state index in [1.807, 2.05) is 51.1 Å². The Morgan fingerprint density at radius 1 is 1.26 bits per heavy atom. The van der Waals surface area contributed by atoms with Crippen LogP contribution >= 0.6 is 0 Å². The smallest absolute Gasteiger partial charge is 0.219 e. The van der Waals surface area contributed by atoms with Crippen molar-refractivity contribution in [2.45, 2.75) is 43.9 Å². The average molecular weight is 445 g/mol. The molecule has 4 rings (SSSR count). The highest BCUT2D eigenvalue weighted by Gasteiger charge is 2.29. The van der Waals surface area contributed by atoms with Gasteiger partial charge in [0.15, 0.2) is 5.79 Å². The lowest BCUT2D eigenvalue weighted by atomic mass is 10.1. The fraction of sp³-hybridized carbons (Fsp3) is 0.455. The van der Waals surface area contributed by atoms with Crippen molar-refractivity contribution in [3.63, 3.8) is 0 Å². The second-order valence-electron chi connectivity index (χ2n) is 8.03. The molecule has 1 aliphatic rings. The lowest BCUT2D eigenvalue weighted by Gasteiger charge is -2.34. The first-order chi connectivity index (χ1) is 14.9. The van der Waals surface area contributed by atoms with Crippen LogP contribution < -0.4 is 10.6 Å². The molecular weight excluding hydrogens is 416 g/mol. The monoisotopic (exact) mass is 444 g/mol. The summed E-state index contributed by atoms with van der Waals surface area (Å²) in [5, 5.41) is 0.329. The maximum absolute atomic E-state index is 13.1. The highest BCUT2D eigenvalue weighted by Crippen LogP contribution is 2.26. The molecule has 9 heteroatoms. The number of benzene rings is 1. The van der Waals surface area contributed by atoms with Crippen molar-refractivity contribution in [2.24, 2.45) is 5.92 Å². The van der Waals surface area contributed by atoms with Gasteiger partial charge in [-0.05, 0) is 38.5 Å². The maximum Gasteiger partial charge on any atom is 0.219 e. The van der Waals surface area contributed by atoms with Gasteiger partial charge in [-0.15, -0.1) is 0 Å². The molecule has 1 unspecified atom stereocenters. The number of pyridine rings is 1. The number of nitrogen functional groups attached to an aromatic ring is 1. The number of ether oxygens (including phenoxy) is 3. The van der Waals surface area contributed by atoms with Gasteiger partial charge in [0, 0.05) is 17.7 Å². The lowest BCUT2D eigenvalue weighted by molar-refractivity contribution is -0.264. The third-order valence-electron chi connectivity index (χ3n) is 5.30. The first kappa shape index (κ1) is 21.7. The van der Waals surface area contributed by atoms with E-state index in [0.717, 1.165) is 22.5 Å². The van der Waals surface area contributed by atoms with Crippen LogP contribution in [0.4, 0.5) is 0 Å². The molecule has 166 valence electrons. The van der Waals surface area contributed by atoms with Crippen molar-refractivity contribution in [3.05, 3.63) is 47.8 Å². The fourth-order valence-corrected chi connectivity index (χ4v) is 4.70. The molecule has 0 bridgehead atoms. The largest absolute Gasteiger partial charge is 0.493 e. The van der Waals surface area contributed by atoms with Crippen molar-refractivity contribution in [1.82, 2.24) is 14.6 Å². The predicted molar refractivity (Wildman–Crippen MR) is 119 cm³/mol. The summed E-state index contributed by atoms with van der Waals surface area (Å²) in [6.07, 6.45) is 2.39. The summed E-state index contributed by atoms with van der Waals surface area (Å²) in [5.74, 6) is 6.70. The highest BCUT2D eigenvalue weighted by molar-refractivity contribution is 7.84. The van der Waals surface area contributed by atoms with Crippen molar-refractivity contribution >= 4 is 21.8 Å². The summed E-state index contributed by atoms with van der Waals surface area (Å²) in [6, 6.07) is 9.30. The first-order valence-corrected chi connectivity index (χ1v) is 11.7. The number of imidazole rings is 1. The number of nitrogens with zero attached hydrogens (tertiary/aromatic N) is 3. The van der Waals surface area contributed by atoms with Gasteiger partial charge in [-0.3, -0.25) is 9.19 Å². The Labute approximate surface area is 184 Å². The maximum atomic E-state index is 13.1. The second-order valence-corrected chi connectivity index (χ2v) is 9.37. The van der Waals surface area contributed by atoms with E-state index in [1.165, 1.54) is 4.68 Å². The van der Waals surface area contributed by atoms with E-state index in [-0.39, 0.29) is 11.7 Å². The number of fused-ring (bicyclic) bond motifs is 1. The van der Waals surface area contributed by atoms with E-state index in [2.05, 4.69) is 9.97 Å². The van der Waals surface area contributed by atoms with Gasteiger partial charge in [0.05, 0.1) is 53.1 Å². The van der Waals surface area contributed by atoms with Crippen LogP contribution in [0.5, 0.6) is 5.75 Å². The molecule has 8 nitrogen and oxygen atoms in total. The minimum atomic E-state index is -1.45. The fourth-order valence-electron chi connectivity index (χ4n) is 3.56. The Hall–Kier alpha value is -2.49. The van der Waals surface area contributed by atoms with Gasteiger partial charge < -0.3 is 20.1 Å². The normalized spacial score (nSPS) is 17.6. The predicted octanol–water partition coefficient (Wildman–Crippen LogP) is 2.79. The van der Waals surface area contributed by atoms with Crippen molar-refractivity contribution in [2.75, 3.05) is 25.7 Å². The first-order valence-electron chi connectivity index (χ1n) is 10.4. The molecule has 1 aliphatic heterocycles. The lowest BCUT2D eigenvalue weighted by Crippen LogP contribution is -2.41. The number of hydrogen-bond donors (Lipinski definition) is 1. The van der Waals surface area contributed by atoms with E-state index in [1.54, 1.807) is 6.20 Å². The Morgan fingerprint density at radius 2 is 2.00 bits per heavy atom. The van der Waals surface area contributed by atoms with Crippen LogP contribution in [0.15, 0.2) is 41.7 Å². The molecule has 3 heterocycles. The summed E-state index contributed by atoms with van der Waals surface area (Å²) in [5.41, 5.74) is 3.12. The van der Waals surface area contributed by atoms with Crippen LogP contribution in [0.1, 0.15) is 32.0 Å². The Balaban J connectivity index is 1.48. The van der Waals surface area contributed by atoms with Crippen LogP contribution in [-0.2, 0) is 32.4 Å². The van der Waals surface area contributed by atoms with Gasteiger partial charge >= 0.3 is 0 Å². The number of rotatable bonds is 7. The molecule has 0 saturated carbocycles. The minimum Gasteiger partial charge on any atom is -0.493 e. The van der Waals surface area contributed by atoms with E-state index < -0.39 is 16.6 Å². The van der Waals surface area contributed by atoms with Crippen molar-refractivity contribution in [1.29, 1.82) is 0 Å². The van der Waals surface area contributed by atoms with Gasteiger partial charge in [0.2, 0.25) is 5.16 Å². The molecule has 0 amide bonds. The number of para-hydroxylation sites is 2. The van der Waals surface area contributed by atoms with E-state index >= 15 is 0 Å². The molecule has 0 aliphatic carbocycles. The highest BCUT2D eigenvalue weighted by atomic mass is 32.2. The van der Waals surface area contributed by atoms with Crippen LogP contribution in [0.2, 0.25) is 0 Å². The number of nitrogens with two attached hydrogens (primary N) is 1. The quantitative estimate of drug-likeness (QED) is 0.559. The molecule has 1 fully saturated rings. The van der Waals surface area contributed by atoms with Crippen LogP contribution in [0.25, 0.3) is 11.0 Å². The molecule has 0 spiro atoms. The molecule has 2 N–H and O–H groups in total. The third kappa shape index (κ3) is 4.73. The van der Waals surface area contributed by atoms with Gasteiger partial charge in [-0.2, -0.15) is 0 Å². The van der Waals surface area contributed by atoms with E-state index in [0.29, 0.717) is 36.9 Å². The molecule has 1 saturated heterocycles. The zero-order chi connectivity index (χ0) is 22.0. The van der Waals surface area contributed by atoms with Crippen molar-refractivity contribution in [3.8, 4) is 5.75 Å². The van der Waals surface area contributed by atoms with E-state index in [9.17, 15) is 4.21 Å². The van der Waals surface area contributed by atoms with Gasteiger partial charge in [0.25, 0.3) is 0 Å². The summed E-state index contributed by atoms with van der Waals surface area (Å²) in [6.45, 7) is 7.50. The molecule has 0 radical (unpaired) electrons. The standard InChI is InChI=1S/C22H28N4O4S/c1-4-16-18(14-31(27)21-25-17-7-5-6-8-19(17)26(21)23)24-10-9-20(16)28-11-15-12-29-22(2,3)30-13-15/h5-10,15H,4,11-14,23H2,1-3H3. The Morgan fingerprint density at radius 3 is 2.71 bits per heavy atom. The third-order valence-corrected chi connectivity index (χ3v) is 6.53. The van der Waals surface area contributed by atoms with Crippen LogP contribution in [-0.4, -0.2) is 44.5 Å². The van der Waals surface area contributed by atoms with Gasteiger partial charge in [-0.25, -0.2) is 9.66 Å². The van der Waals surface area contributed by atoms with E-state index in [4.69, 9.17) is 20.1 Å². The van der Waals surface area contributed by atoms with Crippen LogP contribution in [0.3, 0.4) is 0 Å². The summed E-state index contributed by atoms with van der Waals surface area (Å²) < 4.78 is 32.0. The van der Waals surface area contributed by atoms with Gasteiger partial charge in [-0.1, -0.05) is 19.1 Å². The van der Waals surface area contributed by atoms with Crippen molar-refractivity contribution < 1.29 is 18.4 Å².